The van der Waals surface area contributed by atoms with Crippen molar-refractivity contribution in [1.82, 2.24) is 0 Å². The second-order valence-corrected chi connectivity index (χ2v) is 13.4. The number of rotatable bonds is 1. The van der Waals surface area contributed by atoms with Crippen LogP contribution in [0.2, 0.25) is 19.6 Å². The van der Waals surface area contributed by atoms with E-state index in [-0.39, 0.29) is 24.8 Å². The van der Waals surface area contributed by atoms with Crippen molar-refractivity contribution in [2.24, 2.45) is 0 Å². The van der Waals surface area contributed by atoms with E-state index >= 15 is 0 Å². The van der Waals surface area contributed by atoms with E-state index in [4.69, 9.17) is 5.11 Å². The van der Waals surface area contributed by atoms with Crippen molar-refractivity contribution < 1.29 is 49.9 Å². The molecular formula is C19H29Cl2OSiTi-. The Hall–Kier alpha value is -0.249. The van der Waals surface area contributed by atoms with Crippen LogP contribution in [-0.2, 0) is 20.0 Å². The van der Waals surface area contributed by atoms with Crippen LogP contribution in [0.3, 0.4) is 0 Å². The number of aryl methyl sites for hydroxylation is 2. The molecule has 2 aromatic carbocycles. The molecule has 0 unspecified atom stereocenters. The van der Waals surface area contributed by atoms with E-state index in [1.807, 2.05) is 19.9 Å². The van der Waals surface area contributed by atoms with Gasteiger partial charge in [-0.3, -0.25) is 0 Å². The molecule has 0 atom stereocenters. The maximum absolute atomic E-state index is 8.99. The van der Waals surface area contributed by atoms with E-state index in [0.717, 1.165) is 11.1 Å². The minimum absolute atomic E-state index is 0. The Bertz CT molecular complexity index is 521. The van der Waals surface area contributed by atoms with Gasteiger partial charge in [-0.05, 0) is 37.1 Å². The van der Waals surface area contributed by atoms with Gasteiger partial charge in [0.1, 0.15) is 5.75 Å². The SMILES string of the molecule is C[C](C)=[Ti+2].C[Si](C)(C)[c-]1cccc1.Cc1cc(C)cc(O)c1.[Cl-].[Cl-]. The molecule has 0 aliphatic carbocycles. The molecular weight excluding hydrogens is 391 g/mol. The summed E-state index contributed by atoms with van der Waals surface area (Å²) >= 11 is 2.08. The van der Waals surface area contributed by atoms with Crippen molar-refractivity contribution >= 4 is 17.1 Å². The predicted molar refractivity (Wildman–Crippen MR) is 99.0 cm³/mol. The van der Waals surface area contributed by atoms with Crippen LogP contribution in [-0.4, -0.2) is 17.0 Å². The molecule has 2 rings (SSSR count). The predicted octanol–water partition coefficient (Wildman–Crippen LogP) is -1.29. The fraction of sp³-hybridized carbons (Fsp3) is 0.368. The second kappa shape index (κ2) is 14.0. The molecule has 0 radical (unpaired) electrons. The summed E-state index contributed by atoms with van der Waals surface area (Å²) in [4.78, 5) is 0. The van der Waals surface area contributed by atoms with Gasteiger partial charge in [-0.2, -0.15) is 17.3 Å². The zero-order valence-electron chi connectivity index (χ0n) is 15.7. The number of hydrogen-bond acceptors (Lipinski definition) is 1. The molecule has 0 bridgehead atoms. The van der Waals surface area contributed by atoms with E-state index in [2.05, 4.69) is 77.7 Å². The molecule has 0 aromatic heterocycles. The number of benzene rings is 1. The van der Waals surface area contributed by atoms with Gasteiger partial charge in [-0.1, -0.05) is 25.7 Å². The molecule has 24 heavy (non-hydrogen) atoms. The summed E-state index contributed by atoms with van der Waals surface area (Å²) in [6.07, 6.45) is 0. The summed E-state index contributed by atoms with van der Waals surface area (Å²) in [5.74, 6) is 0.354. The van der Waals surface area contributed by atoms with Crippen molar-refractivity contribution in [2.75, 3.05) is 0 Å². The number of phenols is 1. The molecule has 0 amide bonds. The Morgan fingerprint density at radius 1 is 0.917 bits per heavy atom. The molecule has 0 fully saturated rings. The van der Waals surface area contributed by atoms with Crippen LogP contribution >= 0.6 is 0 Å². The zero-order valence-corrected chi connectivity index (χ0v) is 19.8. The van der Waals surface area contributed by atoms with Crippen molar-refractivity contribution in [1.29, 1.82) is 0 Å². The van der Waals surface area contributed by atoms with Gasteiger partial charge in [0.05, 0.1) is 0 Å². The summed E-state index contributed by atoms with van der Waals surface area (Å²) in [5.41, 5.74) is 2.21. The smallest absolute Gasteiger partial charge is 0.116 e. The van der Waals surface area contributed by atoms with Gasteiger partial charge in [-0.25, -0.2) is 12.1 Å². The number of phenolic OH excluding ortho intramolecular Hbond substituents is 1. The maximum atomic E-state index is 8.99. The van der Waals surface area contributed by atoms with Crippen LogP contribution in [0.5, 0.6) is 5.75 Å². The number of aromatic hydroxyl groups is 1. The largest absolute Gasteiger partial charge is 1.00 e. The summed E-state index contributed by atoms with van der Waals surface area (Å²) < 4.78 is 1.42. The Labute approximate surface area is 173 Å². The average molecular weight is 420 g/mol. The first-order chi connectivity index (χ1) is 10.0. The maximum Gasteiger partial charge on any atom is 0.116 e. The Kier molecular flexibility index (Phi) is 16.6. The van der Waals surface area contributed by atoms with E-state index in [0.29, 0.717) is 5.75 Å². The minimum atomic E-state index is -0.981. The third-order valence-corrected chi connectivity index (χ3v) is 4.80. The number of halogens is 2. The Morgan fingerprint density at radius 2 is 1.25 bits per heavy atom. The third-order valence-electron chi connectivity index (χ3n) is 2.74. The van der Waals surface area contributed by atoms with Crippen LogP contribution in [0, 0.1) is 13.8 Å². The van der Waals surface area contributed by atoms with Crippen LogP contribution in [0.25, 0.3) is 0 Å². The molecule has 134 valence electrons. The van der Waals surface area contributed by atoms with Gasteiger partial charge in [0.15, 0.2) is 0 Å². The van der Waals surface area contributed by atoms with Crippen molar-refractivity contribution in [2.45, 2.75) is 47.3 Å². The van der Waals surface area contributed by atoms with E-state index < -0.39 is 8.07 Å². The first-order valence-corrected chi connectivity index (χ1v) is 11.8. The monoisotopic (exact) mass is 419 g/mol. The fourth-order valence-corrected chi connectivity index (χ4v) is 3.02. The number of hydrogen-bond donors (Lipinski definition) is 1. The van der Waals surface area contributed by atoms with Gasteiger partial charge in [0.25, 0.3) is 0 Å². The van der Waals surface area contributed by atoms with E-state index in [1.54, 1.807) is 17.3 Å². The first-order valence-electron chi connectivity index (χ1n) is 7.53. The zero-order chi connectivity index (χ0) is 17.3. The van der Waals surface area contributed by atoms with Crippen LogP contribution in [0.4, 0.5) is 0 Å². The summed E-state index contributed by atoms with van der Waals surface area (Å²) in [7, 11) is -0.981. The average Bonchev–Trinajstić information content (AvgIpc) is 2.78. The molecule has 0 aliphatic rings. The quantitative estimate of drug-likeness (QED) is 0.450. The molecule has 0 saturated heterocycles. The molecule has 0 heterocycles. The normalized spacial score (nSPS) is 9.21. The van der Waals surface area contributed by atoms with Crippen molar-refractivity contribution in [3.8, 4) is 5.75 Å². The fourth-order valence-electron chi connectivity index (χ4n) is 1.82. The molecule has 0 saturated carbocycles. The second-order valence-electron chi connectivity index (χ2n) is 6.77. The molecule has 5 heteroatoms. The molecule has 2 aromatic rings. The third kappa shape index (κ3) is 15.3. The topological polar surface area (TPSA) is 20.2 Å². The van der Waals surface area contributed by atoms with Crippen LogP contribution in [0.1, 0.15) is 25.0 Å². The summed E-state index contributed by atoms with van der Waals surface area (Å²) in [6, 6.07) is 14.2. The minimum Gasteiger partial charge on any atom is -1.00 e. The summed E-state index contributed by atoms with van der Waals surface area (Å²) in [5, 5.41) is 10.6. The molecule has 0 aliphatic heterocycles. The summed E-state index contributed by atoms with van der Waals surface area (Å²) in [6.45, 7) is 15.2. The van der Waals surface area contributed by atoms with Gasteiger partial charge in [0.2, 0.25) is 0 Å². The van der Waals surface area contributed by atoms with Gasteiger partial charge in [0, 0.05) is 8.07 Å². The van der Waals surface area contributed by atoms with Crippen molar-refractivity contribution in [3.05, 3.63) is 53.6 Å². The van der Waals surface area contributed by atoms with Gasteiger partial charge >= 0.3 is 37.6 Å². The van der Waals surface area contributed by atoms with Crippen molar-refractivity contribution in [3.63, 3.8) is 0 Å². The van der Waals surface area contributed by atoms with E-state index in [9.17, 15) is 0 Å². The van der Waals surface area contributed by atoms with Crippen LogP contribution < -0.4 is 30.0 Å². The van der Waals surface area contributed by atoms with Crippen LogP contribution in [0.15, 0.2) is 42.5 Å². The van der Waals surface area contributed by atoms with Gasteiger partial charge in [-0.15, -0.1) is 0 Å². The first kappa shape index (κ1) is 28.6. The Balaban J connectivity index is -0.000000283. The molecule has 1 N–H and O–H groups in total. The Morgan fingerprint density at radius 3 is 1.46 bits per heavy atom. The van der Waals surface area contributed by atoms with E-state index in [1.165, 1.54) is 3.81 Å². The molecule has 1 nitrogen and oxygen atoms in total. The molecule has 0 spiro atoms. The van der Waals surface area contributed by atoms with Gasteiger partial charge < -0.3 is 29.9 Å². The standard InChI is InChI=1S/C8H10O.C8H13Si.C3H6.2ClH.Ti/c1-6-3-7(2)5-8(9)4-6;1-9(2,3)8-6-4-5-7-8;1-3-2;;;/h3-5,9H,1-2H3;4-7H,1-3H3;1-2H3;2*1H;/q;-1;;;;+2/p-2.